The SMILES string of the molecule is CCCC(O)CNC(=O)c1cn(C)nc1CC. The highest BCUT2D eigenvalue weighted by Crippen LogP contribution is 2.07. The summed E-state index contributed by atoms with van der Waals surface area (Å²) in [5, 5.41) is 16.5. The van der Waals surface area contributed by atoms with Gasteiger partial charge in [-0.1, -0.05) is 20.3 Å². The number of amides is 1. The molecule has 5 heteroatoms. The Morgan fingerprint density at radius 3 is 2.88 bits per heavy atom. The molecule has 5 nitrogen and oxygen atoms in total. The van der Waals surface area contributed by atoms with Crippen LogP contribution in [0.2, 0.25) is 0 Å². The molecule has 0 aromatic carbocycles. The van der Waals surface area contributed by atoms with Crippen molar-refractivity contribution >= 4 is 5.91 Å². The lowest BCUT2D eigenvalue weighted by Crippen LogP contribution is -2.32. The molecule has 0 spiro atoms. The monoisotopic (exact) mass is 239 g/mol. The minimum absolute atomic E-state index is 0.162. The first-order chi connectivity index (χ1) is 8.08. The molecule has 1 atom stereocenters. The topological polar surface area (TPSA) is 67.2 Å². The number of nitrogens with one attached hydrogen (secondary N) is 1. The summed E-state index contributed by atoms with van der Waals surface area (Å²) in [6, 6.07) is 0. The first-order valence-electron chi connectivity index (χ1n) is 6.07. The molecular weight excluding hydrogens is 218 g/mol. The number of carbonyl (C=O) groups is 1. The summed E-state index contributed by atoms with van der Waals surface area (Å²) in [5.74, 6) is -0.162. The van der Waals surface area contributed by atoms with Crippen molar-refractivity contribution in [2.45, 2.75) is 39.2 Å². The zero-order valence-corrected chi connectivity index (χ0v) is 10.7. The van der Waals surface area contributed by atoms with E-state index in [2.05, 4.69) is 10.4 Å². The summed E-state index contributed by atoms with van der Waals surface area (Å²) >= 11 is 0. The van der Waals surface area contributed by atoms with Crippen LogP contribution < -0.4 is 5.32 Å². The van der Waals surface area contributed by atoms with Gasteiger partial charge in [0, 0.05) is 19.8 Å². The molecule has 0 saturated heterocycles. The molecule has 96 valence electrons. The van der Waals surface area contributed by atoms with Crippen molar-refractivity contribution < 1.29 is 9.90 Å². The van der Waals surface area contributed by atoms with Gasteiger partial charge in [0.2, 0.25) is 0 Å². The Kier molecular flexibility index (Phi) is 5.15. The quantitative estimate of drug-likeness (QED) is 0.774. The molecule has 1 unspecified atom stereocenters. The van der Waals surface area contributed by atoms with Gasteiger partial charge in [-0.15, -0.1) is 0 Å². The summed E-state index contributed by atoms with van der Waals surface area (Å²) in [4.78, 5) is 11.9. The standard InChI is InChI=1S/C12H21N3O2/c1-4-6-9(16)7-13-12(17)10-8-15(3)14-11(10)5-2/h8-9,16H,4-7H2,1-3H3,(H,13,17). The molecule has 1 aromatic heterocycles. The van der Waals surface area contributed by atoms with Crippen molar-refractivity contribution in [3.8, 4) is 0 Å². The maximum absolute atomic E-state index is 11.9. The largest absolute Gasteiger partial charge is 0.391 e. The van der Waals surface area contributed by atoms with E-state index in [4.69, 9.17) is 0 Å². The second-order valence-corrected chi connectivity index (χ2v) is 4.17. The second kappa shape index (κ2) is 6.39. The minimum Gasteiger partial charge on any atom is -0.391 e. The van der Waals surface area contributed by atoms with E-state index in [1.807, 2.05) is 13.8 Å². The minimum atomic E-state index is -0.467. The van der Waals surface area contributed by atoms with Crippen molar-refractivity contribution in [3.63, 3.8) is 0 Å². The Morgan fingerprint density at radius 1 is 1.59 bits per heavy atom. The van der Waals surface area contributed by atoms with Gasteiger partial charge in [0.15, 0.2) is 0 Å². The summed E-state index contributed by atoms with van der Waals surface area (Å²) in [7, 11) is 1.79. The molecule has 0 aliphatic rings. The molecule has 0 bridgehead atoms. The Bertz CT molecular complexity index is 374. The van der Waals surface area contributed by atoms with Gasteiger partial charge in [0.25, 0.3) is 5.91 Å². The number of aromatic nitrogens is 2. The molecule has 0 aliphatic heterocycles. The lowest BCUT2D eigenvalue weighted by atomic mass is 10.2. The third-order valence-electron chi connectivity index (χ3n) is 2.60. The highest BCUT2D eigenvalue weighted by atomic mass is 16.3. The zero-order chi connectivity index (χ0) is 12.8. The number of hydrogen-bond donors (Lipinski definition) is 2. The first-order valence-corrected chi connectivity index (χ1v) is 6.07. The molecule has 17 heavy (non-hydrogen) atoms. The Morgan fingerprint density at radius 2 is 2.29 bits per heavy atom. The summed E-state index contributed by atoms with van der Waals surface area (Å²) < 4.78 is 1.64. The van der Waals surface area contributed by atoms with E-state index >= 15 is 0 Å². The molecule has 1 heterocycles. The van der Waals surface area contributed by atoms with Crippen LogP contribution in [0, 0.1) is 0 Å². The lowest BCUT2D eigenvalue weighted by Gasteiger charge is -2.10. The van der Waals surface area contributed by atoms with Crippen LogP contribution in [0.5, 0.6) is 0 Å². The van der Waals surface area contributed by atoms with E-state index < -0.39 is 6.10 Å². The van der Waals surface area contributed by atoms with E-state index in [1.165, 1.54) is 0 Å². The van der Waals surface area contributed by atoms with Crippen LogP contribution in [0.4, 0.5) is 0 Å². The fourth-order valence-electron chi connectivity index (χ4n) is 1.73. The average molecular weight is 239 g/mol. The summed E-state index contributed by atoms with van der Waals surface area (Å²) in [6.07, 6.45) is 3.57. The van der Waals surface area contributed by atoms with Crippen LogP contribution >= 0.6 is 0 Å². The van der Waals surface area contributed by atoms with Crippen molar-refractivity contribution in [1.29, 1.82) is 0 Å². The number of aliphatic hydroxyl groups excluding tert-OH is 1. The van der Waals surface area contributed by atoms with Gasteiger partial charge in [0.05, 0.1) is 17.4 Å². The summed E-state index contributed by atoms with van der Waals surface area (Å²) in [5.41, 5.74) is 1.38. The van der Waals surface area contributed by atoms with E-state index in [-0.39, 0.29) is 5.91 Å². The van der Waals surface area contributed by atoms with E-state index in [0.717, 1.165) is 18.5 Å². The second-order valence-electron chi connectivity index (χ2n) is 4.17. The van der Waals surface area contributed by atoms with Crippen molar-refractivity contribution in [2.24, 2.45) is 7.05 Å². The van der Waals surface area contributed by atoms with Crippen molar-refractivity contribution in [1.82, 2.24) is 15.1 Å². The average Bonchev–Trinajstić information content (AvgIpc) is 2.68. The van der Waals surface area contributed by atoms with Crippen LogP contribution in [0.1, 0.15) is 42.7 Å². The number of aryl methyl sites for hydroxylation is 2. The normalized spacial score (nSPS) is 12.5. The highest BCUT2D eigenvalue weighted by Gasteiger charge is 2.14. The van der Waals surface area contributed by atoms with Crippen LogP contribution in [-0.2, 0) is 13.5 Å². The number of nitrogens with zero attached hydrogens (tertiary/aromatic N) is 2. The van der Waals surface area contributed by atoms with Gasteiger partial charge in [-0.25, -0.2) is 0 Å². The molecular formula is C12H21N3O2. The van der Waals surface area contributed by atoms with Gasteiger partial charge in [0.1, 0.15) is 0 Å². The van der Waals surface area contributed by atoms with Crippen LogP contribution in [0.25, 0.3) is 0 Å². The third-order valence-corrected chi connectivity index (χ3v) is 2.60. The van der Waals surface area contributed by atoms with Crippen LogP contribution in [-0.4, -0.2) is 33.4 Å². The Balaban J connectivity index is 2.57. The number of carbonyl (C=O) groups excluding carboxylic acids is 1. The van der Waals surface area contributed by atoms with Gasteiger partial charge < -0.3 is 10.4 Å². The van der Waals surface area contributed by atoms with Crippen molar-refractivity contribution in [3.05, 3.63) is 17.5 Å². The lowest BCUT2D eigenvalue weighted by molar-refractivity contribution is 0.0909. The maximum atomic E-state index is 11.9. The predicted octanol–water partition coefficient (Wildman–Crippen LogP) is 0.873. The van der Waals surface area contributed by atoms with Crippen LogP contribution in [0.3, 0.4) is 0 Å². The van der Waals surface area contributed by atoms with Gasteiger partial charge >= 0.3 is 0 Å². The first kappa shape index (κ1) is 13.7. The fraction of sp³-hybridized carbons (Fsp3) is 0.667. The third kappa shape index (κ3) is 3.85. The zero-order valence-electron chi connectivity index (χ0n) is 10.7. The maximum Gasteiger partial charge on any atom is 0.254 e. The predicted molar refractivity (Wildman–Crippen MR) is 65.8 cm³/mol. The van der Waals surface area contributed by atoms with Crippen LogP contribution in [0.15, 0.2) is 6.20 Å². The molecule has 1 amide bonds. The molecule has 1 aromatic rings. The Hall–Kier alpha value is -1.36. The fourth-order valence-corrected chi connectivity index (χ4v) is 1.73. The van der Waals surface area contributed by atoms with Gasteiger partial charge in [-0.3, -0.25) is 9.48 Å². The molecule has 0 fully saturated rings. The molecule has 0 aliphatic carbocycles. The smallest absolute Gasteiger partial charge is 0.254 e. The van der Waals surface area contributed by atoms with E-state index in [0.29, 0.717) is 18.5 Å². The van der Waals surface area contributed by atoms with E-state index in [1.54, 1.807) is 17.9 Å². The molecule has 1 rings (SSSR count). The number of rotatable bonds is 6. The number of hydrogen-bond acceptors (Lipinski definition) is 3. The van der Waals surface area contributed by atoms with Gasteiger partial charge in [-0.2, -0.15) is 5.10 Å². The van der Waals surface area contributed by atoms with E-state index in [9.17, 15) is 9.90 Å². The molecule has 0 radical (unpaired) electrons. The molecule has 2 N–H and O–H groups in total. The van der Waals surface area contributed by atoms with Gasteiger partial charge in [-0.05, 0) is 12.8 Å². The Labute approximate surface area is 102 Å². The molecule has 0 saturated carbocycles. The number of aliphatic hydroxyl groups is 1. The van der Waals surface area contributed by atoms with Crippen molar-refractivity contribution in [2.75, 3.05) is 6.54 Å². The summed E-state index contributed by atoms with van der Waals surface area (Å²) in [6.45, 7) is 4.26. The highest BCUT2D eigenvalue weighted by molar-refractivity contribution is 5.95.